The molecule has 0 spiro atoms. The van der Waals surface area contributed by atoms with Gasteiger partial charge in [0.05, 0.1) is 27.5 Å². The monoisotopic (exact) mass is 498 g/mol. The lowest BCUT2D eigenvalue weighted by atomic mass is 10.1. The zero-order valence-corrected chi connectivity index (χ0v) is 18.7. The summed E-state index contributed by atoms with van der Waals surface area (Å²) in [6.07, 6.45) is -4.46. The minimum Gasteiger partial charge on any atom is -0.452 e. The molecule has 2 N–H and O–H groups in total. The van der Waals surface area contributed by atoms with Gasteiger partial charge in [-0.05, 0) is 37.3 Å². The minimum atomic E-state index is -4.80. The number of nitrogens with zero attached hydrogens (tertiary/aromatic N) is 2. The maximum atomic E-state index is 13.5. The number of carbonyl (C=O) groups excluding carboxylic acids is 3. The molecule has 1 saturated carbocycles. The molecule has 1 fully saturated rings. The number of imide groups is 1. The molecular formula is C20H17F3N4O4S2. The van der Waals surface area contributed by atoms with Gasteiger partial charge in [-0.15, -0.1) is 11.3 Å². The fourth-order valence-corrected chi connectivity index (χ4v) is 4.05. The summed E-state index contributed by atoms with van der Waals surface area (Å²) in [5.41, 5.74) is -1.85. The Balaban J connectivity index is 1.68. The Labute approximate surface area is 194 Å². The number of alkyl halides is 3. The summed E-state index contributed by atoms with van der Waals surface area (Å²) in [5, 5.41) is 15.3. The van der Waals surface area contributed by atoms with Gasteiger partial charge < -0.3 is 10.1 Å². The van der Waals surface area contributed by atoms with Gasteiger partial charge in [0, 0.05) is 6.04 Å². The van der Waals surface area contributed by atoms with Gasteiger partial charge in [-0.1, -0.05) is 17.8 Å². The number of hydrogen-bond donors (Lipinski definition) is 2. The molecule has 13 heteroatoms. The Morgan fingerprint density at radius 2 is 2.12 bits per heavy atom. The van der Waals surface area contributed by atoms with Crippen LogP contribution in [0, 0.1) is 11.3 Å². The molecule has 0 saturated heterocycles. The molecule has 2 aromatic rings. The van der Waals surface area contributed by atoms with Crippen molar-refractivity contribution in [3.8, 4) is 16.6 Å². The molecule has 0 aliphatic heterocycles. The first-order chi connectivity index (χ1) is 15.6. The van der Waals surface area contributed by atoms with E-state index < -0.39 is 47.1 Å². The number of amides is 3. The molecule has 2 aromatic heterocycles. The van der Waals surface area contributed by atoms with Crippen molar-refractivity contribution in [2.45, 2.75) is 43.1 Å². The van der Waals surface area contributed by atoms with Crippen LogP contribution in [0.5, 0.6) is 0 Å². The summed E-state index contributed by atoms with van der Waals surface area (Å²) < 4.78 is 45.5. The van der Waals surface area contributed by atoms with Crippen LogP contribution in [0.2, 0.25) is 0 Å². The first-order valence-corrected chi connectivity index (χ1v) is 11.4. The number of carbonyl (C=O) groups is 3. The van der Waals surface area contributed by atoms with E-state index in [-0.39, 0.29) is 16.8 Å². The van der Waals surface area contributed by atoms with Crippen LogP contribution in [0.4, 0.5) is 18.0 Å². The van der Waals surface area contributed by atoms with Crippen LogP contribution in [0.1, 0.15) is 30.9 Å². The number of thioether (sulfide) groups is 1. The van der Waals surface area contributed by atoms with Crippen LogP contribution in [0.15, 0.2) is 28.6 Å². The highest BCUT2D eigenvalue weighted by molar-refractivity contribution is 7.99. The van der Waals surface area contributed by atoms with E-state index in [4.69, 9.17) is 4.74 Å². The fourth-order valence-electron chi connectivity index (χ4n) is 2.58. The molecule has 0 aromatic carbocycles. The van der Waals surface area contributed by atoms with Gasteiger partial charge in [-0.25, -0.2) is 9.78 Å². The minimum absolute atomic E-state index is 0.0154. The first-order valence-electron chi connectivity index (χ1n) is 9.58. The van der Waals surface area contributed by atoms with Crippen LogP contribution < -0.4 is 10.6 Å². The number of nitriles is 1. The molecule has 0 unspecified atom stereocenters. The second-order valence-electron chi connectivity index (χ2n) is 6.98. The molecule has 0 radical (unpaired) electrons. The molecule has 1 aliphatic rings. The van der Waals surface area contributed by atoms with Crippen molar-refractivity contribution < 1.29 is 32.3 Å². The third kappa shape index (κ3) is 6.69. The average Bonchev–Trinajstić information content (AvgIpc) is 3.38. The molecule has 3 rings (SSSR count). The smallest absolute Gasteiger partial charge is 0.417 e. The second kappa shape index (κ2) is 10.2. The van der Waals surface area contributed by atoms with Crippen molar-refractivity contribution in [3.63, 3.8) is 0 Å². The summed E-state index contributed by atoms with van der Waals surface area (Å²) >= 11 is 1.77. The number of ether oxygens (including phenoxy) is 1. The van der Waals surface area contributed by atoms with Crippen LogP contribution in [0.3, 0.4) is 0 Å². The largest absolute Gasteiger partial charge is 0.452 e. The zero-order valence-electron chi connectivity index (χ0n) is 17.1. The quantitative estimate of drug-likeness (QED) is 0.441. The number of aromatic nitrogens is 1. The molecule has 33 heavy (non-hydrogen) atoms. The number of esters is 1. The third-order valence-corrected chi connectivity index (χ3v) is 6.17. The van der Waals surface area contributed by atoms with Gasteiger partial charge in [0.15, 0.2) is 6.10 Å². The van der Waals surface area contributed by atoms with Gasteiger partial charge >= 0.3 is 18.2 Å². The Morgan fingerprint density at radius 1 is 1.39 bits per heavy atom. The van der Waals surface area contributed by atoms with Crippen molar-refractivity contribution in [1.29, 1.82) is 5.26 Å². The van der Waals surface area contributed by atoms with Crippen molar-refractivity contribution in [1.82, 2.24) is 15.6 Å². The highest BCUT2D eigenvalue weighted by Crippen LogP contribution is 2.38. The normalized spacial score (nSPS) is 14.2. The highest BCUT2D eigenvalue weighted by Gasteiger charge is 2.36. The van der Waals surface area contributed by atoms with E-state index in [0.717, 1.165) is 18.9 Å². The van der Waals surface area contributed by atoms with Crippen LogP contribution in [-0.2, 0) is 20.5 Å². The van der Waals surface area contributed by atoms with E-state index in [9.17, 15) is 32.8 Å². The van der Waals surface area contributed by atoms with Gasteiger partial charge in [0.2, 0.25) is 0 Å². The number of pyridine rings is 1. The first kappa shape index (κ1) is 24.5. The van der Waals surface area contributed by atoms with E-state index in [1.54, 1.807) is 17.5 Å². The average molecular weight is 499 g/mol. The number of nitrogens with one attached hydrogen (secondary N) is 2. The van der Waals surface area contributed by atoms with Crippen molar-refractivity contribution in [3.05, 3.63) is 34.7 Å². The number of urea groups is 1. The molecule has 1 aliphatic carbocycles. The lowest BCUT2D eigenvalue weighted by Gasteiger charge is -2.15. The molecule has 8 nitrogen and oxygen atoms in total. The van der Waals surface area contributed by atoms with Crippen molar-refractivity contribution in [2.75, 3.05) is 5.75 Å². The molecule has 174 valence electrons. The molecule has 0 bridgehead atoms. The zero-order chi connectivity index (χ0) is 24.2. The summed E-state index contributed by atoms with van der Waals surface area (Å²) in [5.74, 6) is -2.27. The van der Waals surface area contributed by atoms with E-state index in [0.29, 0.717) is 16.6 Å². The van der Waals surface area contributed by atoms with Gasteiger partial charge in [0.25, 0.3) is 5.91 Å². The van der Waals surface area contributed by atoms with Gasteiger partial charge in [-0.2, -0.15) is 18.4 Å². The van der Waals surface area contributed by atoms with Crippen molar-refractivity contribution >= 4 is 41.0 Å². The SMILES string of the molecule is C[C@H](OC(=O)CSc1nc(-c2cccs2)cc(C(F)(F)F)c1C#N)C(=O)NC(=O)NC1CC1. The highest BCUT2D eigenvalue weighted by atomic mass is 32.2. The standard InChI is InChI=1S/C20H17F3N4O4S2/c1-10(17(29)27-19(30)25-11-4-5-11)31-16(28)9-33-18-12(8-24)13(20(21,22)23)7-14(26-18)15-3-2-6-32-15/h2-3,6-7,10-11H,4-5,9H2,1H3,(H2,25,27,29,30)/t10-/m0/s1. The molecule has 2 heterocycles. The van der Waals surface area contributed by atoms with E-state index in [1.165, 1.54) is 24.3 Å². The molecule has 1 atom stereocenters. The van der Waals surface area contributed by atoms with Crippen LogP contribution >= 0.6 is 23.1 Å². The molecule has 3 amide bonds. The summed E-state index contributed by atoms with van der Waals surface area (Å²) in [6, 6.07) is 4.86. The summed E-state index contributed by atoms with van der Waals surface area (Å²) in [4.78, 5) is 40.3. The molecular weight excluding hydrogens is 481 g/mol. The summed E-state index contributed by atoms with van der Waals surface area (Å²) in [6.45, 7) is 1.25. The van der Waals surface area contributed by atoms with Crippen LogP contribution in [-0.4, -0.2) is 40.8 Å². The predicted molar refractivity (Wildman–Crippen MR) is 113 cm³/mol. The number of hydrogen-bond acceptors (Lipinski definition) is 8. The van der Waals surface area contributed by atoms with E-state index in [1.807, 2.05) is 5.32 Å². The maximum Gasteiger partial charge on any atom is 0.417 e. The summed E-state index contributed by atoms with van der Waals surface area (Å²) in [7, 11) is 0. The second-order valence-corrected chi connectivity index (χ2v) is 8.89. The van der Waals surface area contributed by atoms with E-state index in [2.05, 4.69) is 10.3 Å². The maximum absolute atomic E-state index is 13.5. The van der Waals surface area contributed by atoms with Crippen LogP contribution in [0.25, 0.3) is 10.6 Å². The Bertz CT molecular complexity index is 1100. The Hall–Kier alpha value is -3.11. The fraction of sp³-hybridized carbons (Fsp3) is 0.350. The lowest BCUT2D eigenvalue weighted by Crippen LogP contribution is -2.45. The number of thiophene rings is 1. The lowest BCUT2D eigenvalue weighted by molar-refractivity contribution is -0.151. The number of rotatable bonds is 7. The Morgan fingerprint density at radius 3 is 2.70 bits per heavy atom. The van der Waals surface area contributed by atoms with Gasteiger partial charge in [-0.3, -0.25) is 14.9 Å². The topological polar surface area (TPSA) is 121 Å². The predicted octanol–water partition coefficient (Wildman–Crippen LogP) is 3.71. The third-order valence-electron chi connectivity index (χ3n) is 4.33. The van der Waals surface area contributed by atoms with Crippen molar-refractivity contribution in [2.24, 2.45) is 0 Å². The Kier molecular flexibility index (Phi) is 7.60. The van der Waals surface area contributed by atoms with Gasteiger partial charge in [0.1, 0.15) is 11.1 Å². The van der Waals surface area contributed by atoms with E-state index >= 15 is 0 Å². The number of halogens is 3.